The van der Waals surface area contributed by atoms with Crippen LogP contribution in [0.3, 0.4) is 0 Å². The Morgan fingerprint density at radius 1 is 1.44 bits per heavy atom. The first-order valence-electron chi connectivity index (χ1n) is 6.27. The van der Waals surface area contributed by atoms with Gasteiger partial charge in [-0.1, -0.05) is 43.7 Å². The van der Waals surface area contributed by atoms with E-state index in [1.807, 2.05) is 45.0 Å². The Balaban J connectivity index is 2.43. The molecule has 0 saturated heterocycles. The molecule has 1 aromatic carbocycles. The lowest BCUT2D eigenvalue weighted by Gasteiger charge is -2.13. The maximum atomic E-state index is 11.7. The normalized spacial score (nSPS) is 11.9. The van der Waals surface area contributed by atoms with Gasteiger partial charge in [-0.15, -0.1) is 0 Å². The van der Waals surface area contributed by atoms with Gasteiger partial charge in [-0.3, -0.25) is 4.79 Å². The summed E-state index contributed by atoms with van der Waals surface area (Å²) in [6, 6.07) is 10.3. The predicted octanol–water partition coefficient (Wildman–Crippen LogP) is 2.45. The van der Waals surface area contributed by atoms with Crippen molar-refractivity contribution in [1.29, 1.82) is 5.26 Å². The second-order valence-electron chi connectivity index (χ2n) is 4.88. The summed E-state index contributed by atoms with van der Waals surface area (Å²) >= 11 is 0. The fourth-order valence-corrected chi connectivity index (χ4v) is 1.82. The largest absolute Gasteiger partial charge is 0.355 e. The quantitative estimate of drug-likeness (QED) is 0.865. The Kier molecular flexibility index (Phi) is 5.38. The molecule has 0 spiro atoms. The minimum absolute atomic E-state index is 0.0500. The number of carbonyl (C=O) groups excluding carboxylic acids is 1. The highest BCUT2D eigenvalue weighted by Gasteiger charge is 2.20. The molecule has 0 radical (unpaired) electrons. The minimum atomic E-state index is -0.553. The molecule has 1 N–H and O–H groups in total. The fourth-order valence-electron chi connectivity index (χ4n) is 1.82. The van der Waals surface area contributed by atoms with E-state index in [-0.39, 0.29) is 11.8 Å². The third-order valence-corrected chi connectivity index (χ3v) is 2.88. The van der Waals surface area contributed by atoms with Gasteiger partial charge in [0.2, 0.25) is 5.91 Å². The molecule has 0 aliphatic heterocycles. The zero-order valence-corrected chi connectivity index (χ0v) is 11.2. The van der Waals surface area contributed by atoms with Gasteiger partial charge in [0.05, 0.1) is 6.07 Å². The van der Waals surface area contributed by atoms with Crippen molar-refractivity contribution >= 4 is 5.91 Å². The summed E-state index contributed by atoms with van der Waals surface area (Å²) in [6.07, 6.45) is 0.795. The molecular formula is C15H20N2O. The summed E-state index contributed by atoms with van der Waals surface area (Å²) in [7, 11) is 0. The molecule has 0 aromatic heterocycles. The summed E-state index contributed by atoms with van der Waals surface area (Å²) in [5.41, 5.74) is 2.42. The van der Waals surface area contributed by atoms with Crippen molar-refractivity contribution in [2.75, 3.05) is 6.54 Å². The first-order chi connectivity index (χ1) is 8.54. The van der Waals surface area contributed by atoms with Crippen LogP contribution in [0, 0.1) is 30.1 Å². The number of hydrogen-bond acceptors (Lipinski definition) is 2. The van der Waals surface area contributed by atoms with Crippen molar-refractivity contribution in [3.05, 3.63) is 35.4 Å². The average molecular weight is 244 g/mol. The van der Waals surface area contributed by atoms with Gasteiger partial charge < -0.3 is 5.32 Å². The van der Waals surface area contributed by atoms with Crippen LogP contribution in [0.5, 0.6) is 0 Å². The van der Waals surface area contributed by atoms with E-state index in [4.69, 9.17) is 5.26 Å². The number of carbonyl (C=O) groups is 1. The summed E-state index contributed by atoms with van der Waals surface area (Å²) in [6.45, 7) is 6.39. The van der Waals surface area contributed by atoms with Crippen molar-refractivity contribution in [3.8, 4) is 6.07 Å². The minimum Gasteiger partial charge on any atom is -0.355 e. The predicted molar refractivity (Wildman–Crippen MR) is 71.8 cm³/mol. The van der Waals surface area contributed by atoms with Crippen molar-refractivity contribution in [2.24, 2.45) is 11.8 Å². The van der Waals surface area contributed by atoms with Gasteiger partial charge in [-0.05, 0) is 24.8 Å². The molecule has 1 unspecified atom stereocenters. The molecule has 3 heteroatoms. The van der Waals surface area contributed by atoms with Crippen molar-refractivity contribution in [1.82, 2.24) is 5.32 Å². The smallest absolute Gasteiger partial charge is 0.237 e. The number of nitrogens with one attached hydrogen (secondary N) is 1. The fraction of sp³-hybridized carbons (Fsp3) is 0.467. The third kappa shape index (κ3) is 4.21. The highest BCUT2D eigenvalue weighted by atomic mass is 16.1. The standard InChI is InChI=1S/C15H20N2O/c1-11(2)14(10-16)15(18)17-8-7-13-6-4-5-12(3)9-13/h4-6,9,11,14H,7-8H2,1-3H3,(H,17,18). The topological polar surface area (TPSA) is 52.9 Å². The van der Waals surface area contributed by atoms with Gasteiger partial charge in [0.1, 0.15) is 5.92 Å². The molecule has 1 aromatic rings. The lowest BCUT2D eigenvalue weighted by atomic mass is 9.96. The summed E-state index contributed by atoms with van der Waals surface area (Å²) in [5, 5.41) is 11.7. The average Bonchev–Trinajstić information content (AvgIpc) is 2.29. The number of aryl methyl sites for hydroxylation is 1. The first kappa shape index (κ1) is 14.2. The molecule has 18 heavy (non-hydrogen) atoms. The summed E-state index contributed by atoms with van der Waals surface area (Å²) in [5.74, 6) is -0.670. The maximum Gasteiger partial charge on any atom is 0.237 e. The second kappa shape index (κ2) is 6.80. The number of rotatable bonds is 5. The Morgan fingerprint density at radius 2 is 2.17 bits per heavy atom. The number of nitriles is 1. The molecule has 0 saturated carbocycles. The highest BCUT2D eigenvalue weighted by Crippen LogP contribution is 2.09. The molecule has 0 aliphatic carbocycles. The first-order valence-corrected chi connectivity index (χ1v) is 6.27. The van der Waals surface area contributed by atoms with E-state index in [0.29, 0.717) is 6.54 Å². The van der Waals surface area contributed by atoms with Gasteiger partial charge in [-0.2, -0.15) is 5.26 Å². The van der Waals surface area contributed by atoms with Crippen LogP contribution in [0.1, 0.15) is 25.0 Å². The molecular weight excluding hydrogens is 224 g/mol. The maximum absolute atomic E-state index is 11.7. The van der Waals surface area contributed by atoms with E-state index in [1.54, 1.807) is 0 Å². The number of nitrogens with zero attached hydrogens (tertiary/aromatic N) is 1. The molecule has 0 bridgehead atoms. The molecule has 96 valence electrons. The number of amides is 1. The zero-order chi connectivity index (χ0) is 13.5. The van der Waals surface area contributed by atoms with Gasteiger partial charge in [0, 0.05) is 6.54 Å². The van der Waals surface area contributed by atoms with Crippen LogP contribution in [-0.2, 0) is 11.2 Å². The Bertz CT molecular complexity index is 446. The van der Waals surface area contributed by atoms with Gasteiger partial charge in [0.15, 0.2) is 0 Å². The van der Waals surface area contributed by atoms with Crippen LogP contribution in [0.4, 0.5) is 0 Å². The molecule has 1 rings (SSSR count). The summed E-state index contributed by atoms with van der Waals surface area (Å²) in [4.78, 5) is 11.7. The lowest BCUT2D eigenvalue weighted by molar-refractivity contribution is -0.124. The van der Waals surface area contributed by atoms with Gasteiger partial charge >= 0.3 is 0 Å². The number of hydrogen-bond donors (Lipinski definition) is 1. The van der Waals surface area contributed by atoms with E-state index in [0.717, 1.165) is 6.42 Å². The van der Waals surface area contributed by atoms with Crippen LogP contribution in [0.25, 0.3) is 0 Å². The SMILES string of the molecule is Cc1cccc(CCNC(=O)C(C#N)C(C)C)c1. The summed E-state index contributed by atoms with van der Waals surface area (Å²) < 4.78 is 0. The Morgan fingerprint density at radius 3 is 2.72 bits per heavy atom. The van der Waals surface area contributed by atoms with Crippen LogP contribution in [0.2, 0.25) is 0 Å². The van der Waals surface area contributed by atoms with Crippen LogP contribution >= 0.6 is 0 Å². The van der Waals surface area contributed by atoms with Crippen LogP contribution < -0.4 is 5.32 Å². The molecule has 3 nitrogen and oxygen atoms in total. The zero-order valence-electron chi connectivity index (χ0n) is 11.2. The Labute approximate surface area is 109 Å². The monoisotopic (exact) mass is 244 g/mol. The van der Waals surface area contributed by atoms with Crippen LogP contribution in [0.15, 0.2) is 24.3 Å². The molecule has 1 atom stereocenters. The number of benzene rings is 1. The molecule has 0 heterocycles. The second-order valence-corrected chi connectivity index (χ2v) is 4.88. The van der Waals surface area contributed by atoms with Gasteiger partial charge in [0.25, 0.3) is 0 Å². The van der Waals surface area contributed by atoms with E-state index in [9.17, 15) is 4.79 Å². The van der Waals surface area contributed by atoms with E-state index in [1.165, 1.54) is 11.1 Å². The molecule has 0 aliphatic rings. The van der Waals surface area contributed by atoms with Crippen LogP contribution in [-0.4, -0.2) is 12.5 Å². The van der Waals surface area contributed by atoms with E-state index >= 15 is 0 Å². The van der Waals surface area contributed by atoms with Crippen molar-refractivity contribution < 1.29 is 4.79 Å². The van der Waals surface area contributed by atoms with Crippen molar-refractivity contribution in [2.45, 2.75) is 27.2 Å². The highest BCUT2D eigenvalue weighted by molar-refractivity contribution is 5.81. The molecule has 0 fully saturated rings. The Hall–Kier alpha value is -1.82. The van der Waals surface area contributed by atoms with Crippen molar-refractivity contribution in [3.63, 3.8) is 0 Å². The van der Waals surface area contributed by atoms with Gasteiger partial charge in [-0.25, -0.2) is 0 Å². The molecule has 1 amide bonds. The lowest BCUT2D eigenvalue weighted by Crippen LogP contribution is -2.34. The van der Waals surface area contributed by atoms with E-state index < -0.39 is 5.92 Å². The third-order valence-electron chi connectivity index (χ3n) is 2.88. The van der Waals surface area contributed by atoms with E-state index in [2.05, 4.69) is 11.4 Å².